The maximum atomic E-state index is 10.6. The Hall–Kier alpha value is -0.390. The fraction of sp³-hybridized carbons (Fsp3) is 0.714. The van der Waals surface area contributed by atoms with Gasteiger partial charge in [-0.1, -0.05) is 19.9 Å². The normalized spacial score (nSPS) is 13.0. The van der Waals surface area contributed by atoms with Gasteiger partial charge in [0.15, 0.2) is 0 Å². The van der Waals surface area contributed by atoms with Crippen molar-refractivity contribution in [1.82, 2.24) is 0 Å². The molecular formula is C7H15NO3S. The average Bonchev–Trinajstić information content (AvgIpc) is 1.98. The third kappa shape index (κ3) is 6.33. The number of hydrogen-bond donors (Lipinski definition) is 1. The summed E-state index contributed by atoms with van der Waals surface area (Å²) in [5.41, 5.74) is 0. The van der Waals surface area contributed by atoms with Crippen LogP contribution >= 0.6 is 0 Å². The summed E-state index contributed by atoms with van der Waals surface area (Å²) in [6, 6.07) is 0. The Morgan fingerprint density at radius 3 is 2.50 bits per heavy atom. The van der Waals surface area contributed by atoms with E-state index < -0.39 is 10.1 Å². The zero-order valence-corrected chi connectivity index (χ0v) is 8.17. The summed E-state index contributed by atoms with van der Waals surface area (Å²) in [4.78, 5) is 0. The third-order valence-electron chi connectivity index (χ3n) is 1.31. The van der Waals surface area contributed by atoms with Gasteiger partial charge in [0.2, 0.25) is 0 Å². The zero-order valence-electron chi connectivity index (χ0n) is 7.36. The highest BCUT2D eigenvalue weighted by atomic mass is 32.2. The number of allylic oxidation sites excluding steroid dienone is 1. The van der Waals surface area contributed by atoms with Crippen LogP contribution in [0.25, 0.3) is 0 Å². The lowest BCUT2D eigenvalue weighted by molar-refractivity contribution is 0.339. The molecule has 5 heteroatoms. The van der Waals surface area contributed by atoms with Crippen molar-refractivity contribution in [3.05, 3.63) is 11.5 Å². The zero-order chi connectivity index (χ0) is 9.61. The molecular weight excluding hydrogens is 178 g/mol. The fourth-order valence-corrected chi connectivity index (χ4v) is 1.08. The molecule has 0 aromatic heterocycles. The Labute approximate surface area is 73.5 Å². The van der Waals surface area contributed by atoms with Crippen molar-refractivity contribution in [3.63, 3.8) is 0 Å². The van der Waals surface area contributed by atoms with Crippen LogP contribution in [-0.2, 0) is 14.4 Å². The first-order valence-electron chi connectivity index (χ1n) is 3.78. The second kappa shape index (κ2) is 5.29. The van der Waals surface area contributed by atoms with Crippen LogP contribution in [-0.4, -0.2) is 8.42 Å². The summed E-state index contributed by atoms with van der Waals surface area (Å²) in [6.45, 7) is 4.14. The maximum Gasteiger partial charge on any atom is 0.305 e. The summed E-state index contributed by atoms with van der Waals surface area (Å²) in [5, 5.41) is 0.982. The summed E-state index contributed by atoms with van der Waals surface area (Å²) in [5.74, 6) is 5.07. The topological polar surface area (TPSA) is 69.4 Å². The molecule has 0 fully saturated rings. The number of nitrogens with two attached hydrogens (primary N) is 1. The van der Waals surface area contributed by atoms with E-state index in [4.69, 9.17) is 0 Å². The van der Waals surface area contributed by atoms with E-state index in [2.05, 4.69) is 24.0 Å². The van der Waals surface area contributed by atoms with E-state index in [0.717, 1.165) is 18.2 Å². The lowest BCUT2D eigenvalue weighted by Crippen LogP contribution is -2.07. The maximum absolute atomic E-state index is 10.6. The Balaban J connectivity index is 3.78. The van der Waals surface area contributed by atoms with E-state index in [1.807, 2.05) is 0 Å². The Morgan fingerprint density at radius 1 is 1.50 bits per heavy atom. The lowest BCUT2D eigenvalue weighted by Gasteiger charge is -1.98. The van der Waals surface area contributed by atoms with E-state index in [0.29, 0.717) is 5.92 Å². The minimum atomic E-state index is -3.62. The number of hydrogen-bond acceptors (Lipinski definition) is 4. The highest BCUT2D eigenvalue weighted by Crippen LogP contribution is 2.04. The van der Waals surface area contributed by atoms with Crippen LogP contribution in [0.2, 0.25) is 0 Å². The quantitative estimate of drug-likeness (QED) is 0.665. The molecule has 0 rings (SSSR count). The highest BCUT2D eigenvalue weighted by Gasteiger charge is 2.00. The molecule has 0 saturated carbocycles. The summed E-state index contributed by atoms with van der Waals surface area (Å²) in [7, 11) is -3.62. The van der Waals surface area contributed by atoms with Crippen molar-refractivity contribution < 1.29 is 12.7 Å². The molecule has 0 radical (unpaired) electrons. The average molecular weight is 193 g/mol. The van der Waals surface area contributed by atoms with Crippen molar-refractivity contribution in [2.75, 3.05) is 0 Å². The summed E-state index contributed by atoms with van der Waals surface area (Å²) >= 11 is 0. The second-order valence-electron chi connectivity index (χ2n) is 2.93. The van der Waals surface area contributed by atoms with Crippen molar-refractivity contribution in [3.8, 4) is 0 Å². The van der Waals surface area contributed by atoms with Crippen LogP contribution < -0.4 is 5.90 Å². The van der Waals surface area contributed by atoms with Gasteiger partial charge in [-0.05, 0) is 18.8 Å². The molecule has 0 heterocycles. The lowest BCUT2D eigenvalue weighted by atomic mass is 10.1. The van der Waals surface area contributed by atoms with Gasteiger partial charge in [0.05, 0.1) is 5.41 Å². The molecule has 2 N–H and O–H groups in total. The van der Waals surface area contributed by atoms with Crippen LogP contribution in [0, 0.1) is 5.92 Å². The minimum absolute atomic E-state index is 0.566. The highest BCUT2D eigenvalue weighted by molar-refractivity contribution is 7.89. The van der Waals surface area contributed by atoms with E-state index in [1.165, 1.54) is 0 Å². The van der Waals surface area contributed by atoms with Gasteiger partial charge in [-0.2, -0.15) is 18.6 Å². The van der Waals surface area contributed by atoms with Crippen molar-refractivity contribution in [2.45, 2.75) is 26.7 Å². The fourth-order valence-electron chi connectivity index (χ4n) is 0.648. The van der Waals surface area contributed by atoms with Crippen LogP contribution in [0.1, 0.15) is 26.7 Å². The van der Waals surface area contributed by atoms with Crippen molar-refractivity contribution in [1.29, 1.82) is 0 Å². The van der Waals surface area contributed by atoms with Gasteiger partial charge in [-0.25, -0.2) is 0 Å². The predicted octanol–water partition coefficient (Wildman–Crippen LogP) is 1.16. The third-order valence-corrected chi connectivity index (χ3v) is 2.10. The first-order chi connectivity index (χ1) is 5.48. The summed E-state index contributed by atoms with van der Waals surface area (Å²) < 4.78 is 25.0. The van der Waals surface area contributed by atoms with E-state index in [1.54, 1.807) is 6.08 Å². The Kier molecular flexibility index (Phi) is 5.12. The smallest absolute Gasteiger partial charge is 0.197 e. The molecule has 0 amide bonds. The van der Waals surface area contributed by atoms with E-state index in [-0.39, 0.29) is 0 Å². The molecule has 0 aromatic rings. The second-order valence-corrected chi connectivity index (χ2v) is 4.38. The number of rotatable bonds is 5. The molecule has 0 bridgehead atoms. The van der Waals surface area contributed by atoms with Crippen LogP contribution in [0.3, 0.4) is 0 Å². The molecule has 72 valence electrons. The SMILES string of the molecule is CC(C)CCC=CS(=O)(=O)ON. The van der Waals surface area contributed by atoms with Gasteiger partial charge in [0.1, 0.15) is 0 Å². The van der Waals surface area contributed by atoms with Gasteiger partial charge >= 0.3 is 10.1 Å². The van der Waals surface area contributed by atoms with Gasteiger partial charge in [-0.15, -0.1) is 0 Å². The van der Waals surface area contributed by atoms with E-state index >= 15 is 0 Å². The first-order valence-corrected chi connectivity index (χ1v) is 5.25. The molecule has 0 spiro atoms. The van der Waals surface area contributed by atoms with Gasteiger partial charge in [0.25, 0.3) is 0 Å². The van der Waals surface area contributed by atoms with Gasteiger partial charge in [-0.3, -0.25) is 0 Å². The van der Waals surface area contributed by atoms with Crippen molar-refractivity contribution in [2.24, 2.45) is 11.8 Å². The molecule has 0 saturated heterocycles. The molecule has 0 unspecified atom stereocenters. The first kappa shape index (κ1) is 11.6. The molecule has 0 aliphatic rings. The van der Waals surface area contributed by atoms with Gasteiger partial charge in [0, 0.05) is 0 Å². The molecule has 0 atom stereocenters. The largest absolute Gasteiger partial charge is 0.305 e. The summed E-state index contributed by atoms with van der Waals surface area (Å²) in [6.07, 6.45) is 3.22. The van der Waals surface area contributed by atoms with Crippen molar-refractivity contribution >= 4 is 10.1 Å². The van der Waals surface area contributed by atoms with Crippen LogP contribution in [0.15, 0.2) is 11.5 Å². The van der Waals surface area contributed by atoms with Crippen LogP contribution in [0.4, 0.5) is 0 Å². The van der Waals surface area contributed by atoms with Crippen LogP contribution in [0.5, 0.6) is 0 Å². The Bertz CT molecular complexity index is 231. The predicted molar refractivity (Wildman–Crippen MR) is 47.4 cm³/mol. The Morgan fingerprint density at radius 2 is 2.08 bits per heavy atom. The monoisotopic (exact) mass is 193 g/mol. The molecule has 0 aliphatic carbocycles. The van der Waals surface area contributed by atoms with E-state index in [9.17, 15) is 8.42 Å². The van der Waals surface area contributed by atoms with Gasteiger partial charge < -0.3 is 0 Å². The molecule has 4 nitrogen and oxygen atoms in total. The minimum Gasteiger partial charge on any atom is -0.197 e. The molecule has 12 heavy (non-hydrogen) atoms. The molecule has 0 aliphatic heterocycles. The molecule has 0 aromatic carbocycles. The standard InChI is InChI=1S/C7H15NO3S/c1-7(2)5-3-4-6-12(9,10)11-8/h4,6-7H,3,5,8H2,1-2H3.